The van der Waals surface area contributed by atoms with Gasteiger partial charge in [0.15, 0.2) is 11.8 Å². The van der Waals surface area contributed by atoms with E-state index < -0.39 is 0 Å². The second-order valence-corrected chi connectivity index (χ2v) is 8.50. The van der Waals surface area contributed by atoms with E-state index in [0.29, 0.717) is 13.2 Å². The number of ether oxygens (including phenoxy) is 3. The van der Waals surface area contributed by atoms with Crippen LogP contribution in [0.4, 0.5) is 0 Å². The Morgan fingerprint density at radius 3 is 2.62 bits per heavy atom. The van der Waals surface area contributed by atoms with Gasteiger partial charge < -0.3 is 29.0 Å². The predicted molar refractivity (Wildman–Crippen MR) is 132 cm³/mol. The lowest BCUT2D eigenvalue weighted by Crippen LogP contribution is -2.53. The fourth-order valence-corrected chi connectivity index (χ4v) is 4.32. The molecule has 4 heterocycles. The first-order valence-electron chi connectivity index (χ1n) is 11.6. The first kappa shape index (κ1) is 25.6. The molecule has 0 amide bonds. The maximum absolute atomic E-state index is 6.04. The molecule has 2 atom stereocenters. The largest absolute Gasteiger partial charge is 0.379 e. The van der Waals surface area contributed by atoms with Crippen LogP contribution in [-0.4, -0.2) is 108 Å². The zero-order valence-corrected chi connectivity index (χ0v) is 21.7. The molecule has 0 spiro atoms. The van der Waals surface area contributed by atoms with Gasteiger partial charge in [0.05, 0.1) is 25.9 Å². The molecule has 3 saturated heterocycles. The van der Waals surface area contributed by atoms with Crippen molar-refractivity contribution in [1.29, 1.82) is 0 Å². The molecule has 10 nitrogen and oxygen atoms in total. The topological polar surface area (TPSA) is 89.3 Å². The van der Waals surface area contributed by atoms with Crippen molar-refractivity contribution in [3.63, 3.8) is 0 Å². The van der Waals surface area contributed by atoms with Crippen LogP contribution in [0, 0.1) is 6.92 Å². The molecule has 3 aliphatic heterocycles. The molecule has 1 N–H and O–H groups in total. The molecule has 11 heteroatoms. The van der Waals surface area contributed by atoms with Crippen LogP contribution in [0.1, 0.15) is 30.9 Å². The summed E-state index contributed by atoms with van der Waals surface area (Å²) in [4.78, 5) is 9.69. The van der Waals surface area contributed by atoms with Crippen molar-refractivity contribution in [3.05, 3.63) is 11.6 Å². The van der Waals surface area contributed by atoms with Gasteiger partial charge in [0.25, 0.3) is 0 Å². The summed E-state index contributed by atoms with van der Waals surface area (Å²) < 4.78 is 19.4. The molecule has 3 fully saturated rings. The molecule has 0 saturated carbocycles. The van der Waals surface area contributed by atoms with Gasteiger partial charge in [0, 0.05) is 46.4 Å². The SMILES string of the molecule is Cc1nnc(CN=C(NCCCN2CCOCC2)N2CCOC(C3CCCO3)C2)n1C.I. The summed E-state index contributed by atoms with van der Waals surface area (Å²) in [6.45, 7) is 11.3. The van der Waals surface area contributed by atoms with Crippen LogP contribution in [0.3, 0.4) is 0 Å². The fourth-order valence-electron chi connectivity index (χ4n) is 4.32. The second-order valence-electron chi connectivity index (χ2n) is 8.50. The quantitative estimate of drug-likeness (QED) is 0.226. The molecule has 4 rings (SSSR count). The average molecular weight is 563 g/mol. The number of hydrogen-bond acceptors (Lipinski definition) is 7. The maximum Gasteiger partial charge on any atom is 0.194 e. The number of guanidine groups is 1. The number of aliphatic imine (C=N–C) groups is 1. The zero-order valence-electron chi connectivity index (χ0n) is 19.4. The van der Waals surface area contributed by atoms with E-state index in [1.807, 2.05) is 18.5 Å². The van der Waals surface area contributed by atoms with E-state index >= 15 is 0 Å². The smallest absolute Gasteiger partial charge is 0.194 e. The summed E-state index contributed by atoms with van der Waals surface area (Å²) in [5.74, 6) is 2.69. The lowest BCUT2D eigenvalue weighted by molar-refractivity contribution is -0.0817. The minimum absolute atomic E-state index is 0. The van der Waals surface area contributed by atoms with Crippen LogP contribution in [0.2, 0.25) is 0 Å². The Kier molecular flexibility index (Phi) is 10.4. The molecule has 32 heavy (non-hydrogen) atoms. The van der Waals surface area contributed by atoms with E-state index in [0.717, 1.165) is 96.0 Å². The van der Waals surface area contributed by atoms with E-state index in [9.17, 15) is 0 Å². The third-order valence-corrected chi connectivity index (χ3v) is 6.36. The lowest BCUT2D eigenvalue weighted by atomic mass is 10.1. The molecule has 0 radical (unpaired) electrons. The Balaban J connectivity index is 0.00000289. The van der Waals surface area contributed by atoms with Crippen molar-refractivity contribution in [2.45, 2.75) is 44.9 Å². The van der Waals surface area contributed by atoms with Crippen LogP contribution in [0.25, 0.3) is 0 Å². The Hall–Kier alpha value is -1.02. The fraction of sp³-hybridized carbons (Fsp3) is 0.857. The van der Waals surface area contributed by atoms with E-state index in [1.54, 1.807) is 0 Å². The number of aromatic nitrogens is 3. The van der Waals surface area contributed by atoms with Crippen molar-refractivity contribution >= 4 is 29.9 Å². The van der Waals surface area contributed by atoms with Gasteiger partial charge in [-0.15, -0.1) is 34.2 Å². The molecule has 1 aromatic heterocycles. The van der Waals surface area contributed by atoms with E-state index in [2.05, 4.69) is 25.3 Å². The number of halogens is 1. The van der Waals surface area contributed by atoms with Gasteiger partial charge in [-0.05, 0) is 32.7 Å². The van der Waals surface area contributed by atoms with Crippen molar-refractivity contribution in [1.82, 2.24) is 29.9 Å². The summed E-state index contributed by atoms with van der Waals surface area (Å²) >= 11 is 0. The summed E-state index contributed by atoms with van der Waals surface area (Å²) in [7, 11) is 1.98. The zero-order chi connectivity index (χ0) is 21.5. The Bertz CT molecular complexity index is 720. The predicted octanol–water partition coefficient (Wildman–Crippen LogP) is 0.789. The van der Waals surface area contributed by atoms with Gasteiger partial charge in [-0.25, -0.2) is 4.99 Å². The van der Waals surface area contributed by atoms with Crippen LogP contribution < -0.4 is 5.32 Å². The van der Waals surface area contributed by atoms with Gasteiger partial charge >= 0.3 is 0 Å². The van der Waals surface area contributed by atoms with Gasteiger partial charge in [0.2, 0.25) is 0 Å². The molecule has 1 aromatic rings. The monoisotopic (exact) mass is 563 g/mol. The molecule has 0 aromatic carbocycles. The van der Waals surface area contributed by atoms with Crippen LogP contribution in [0.5, 0.6) is 0 Å². The average Bonchev–Trinajstić information content (AvgIpc) is 3.45. The maximum atomic E-state index is 6.04. The van der Waals surface area contributed by atoms with Crippen molar-refractivity contribution in [3.8, 4) is 0 Å². The van der Waals surface area contributed by atoms with E-state index in [-0.39, 0.29) is 36.2 Å². The summed E-state index contributed by atoms with van der Waals surface area (Å²) in [6.07, 6.45) is 3.58. The van der Waals surface area contributed by atoms with Crippen LogP contribution in [0.15, 0.2) is 4.99 Å². The molecule has 0 bridgehead atoms. The van der Waals surface area contributed by atoms with Gasteiger partial charge in [-0.2, -0.15) is 0 Å². The molecular formula is C21H38IN7O3. The number of hydrogen-bond donors (Lipinski definition) is 1. The van der Waals surface area contributed by atoms with Crippen molar-refractivity contribution < 1.29 is 14.2 Å². The minimum Gasteiger partial charge on any atom is -0.379 e. The first-order valence-corrected chi connectivity index (χ1v) is 11.6. The third kappa shape index (κ3) is 6.99. The molecule has 182 valence electrons. The van der Waals surface area contributed by atoms with E-state index in [1.165, 1.54) is 0 Å². The van der Waals surface area contributed by atoms with Crippen LogP contribution in [-0.2, 0) is 27.8 Å². The number of nitrogens with one attached hydrogen (secondary N) is 1. The van der Waals surface area contributed by atoms with Gasteiger partial charge in [-0.3, -0.25) is 4.90 Å². The highest BCUT2D eigenvalue weighted by Crippen LogP contribution is 2.21. The minimum atomic E-state index is 0. The highest BCUT2D eigenvalue weighted by molar-refractivity contribution is 14.0. The first-order chi connectivity index (χ1) is 15.2. The van der Waals surface area contributed by atoms with Gasteiger partial charge in [-0.1, -0.05) is 0 Å². The highest BCUT2D eigenvalue weighted by atomic mass is 127. The molecular weight excluding hydrogens is 525 g/mol. The number of rotatable bonds is 7. The Labute approximate surface area is 208 Å². The van der Waals surface area contributed by atoms with E-state index in [4.69, 9.17) is 19.2 Å². The number of morpholine rings is 2. The highest BCUT2D eigenvalue weighted by Gasteiger charge is 2.32. The number of aryl methyl sites for hydroxylation is 1. The molecule has 0 aliphatic carbocycles. The van der Waals surface area contributed by atoms with Gasteiger partial charge in [0.1, 0.15) is 18.5 Å². The summed E-state index contributed by atoms with van der Waals surface area (Å²) in [5, 5.41) is 12.0. The second kappa shape index (κ2) is 13.0. The normalized spacial score (nSPS) is 25.1. The standard InChI is InChI=1S/C21H37N7O3.HI/c1-17-24-25-20(26(17)2)15-23-21(22-6-4-7-27-8-12-29-13-9-27)28-10-14-31-19(16-28)18-5-3-11-30-18;/h18-19H,3-16H2,1-2H3,(H,22,23);1H. The molecule has 3 aliphatic rings. The Morgan fingerprint density at radius 1 is 1.09 bits per heavy atom. The van der Waals surface area contributed by atoms with Crippen LogP contribution >= 0.6 is 24.0 Å². The van der Waals surface area contributed by atoms with Crippen molar-refractivity contribution in [2.24, 2.45) is 12.0 Å². The lowest BCUT2D eigenvalue weighted by Gasteiger charge is -2.37. The Morgan fingerprint density at radius 2 is 1.91 bits per heavy atom. The summed E-state index contributed by atoms with van der Waals surface area (Å²) in [6, 6.07) is 0. The summed E-state index contributed by atoms with van der Waals surface area (Å²) in [5.41, 5.74) is 0. The van der Waals surface area contributed by atoms with Crippen molar-refractivity contribution in [2.75, 3.05) is 65.7 Å². The number of nitrogens with zero attached hydrogens (tertiary/aromatic N) is 6. The third-order valence-electron chi connectivity index (χ3n) is 6.36. The molecule has 2 unspecified atom stereocenters.